The Labute approximate surface area is 93.5 Å². The first-order chi connectivity index (χ1) is 7.20. The maximum absolute atomic E-state index is 5.79. The van der Waals surface area contributed by atoms with Gasteiger partial charge in [-0.15, -0.1) is 0 Å². The van der Waals surface area contributed by atoms with Crippen LogP contribution in [0.2, 0.25) is 0 Å². The maximum atomic E-state index is 5.79. The molecule has 0 aromatic rings. The van der Waals surface area contributed by atoms with Crippen LogP contribution >= 0.6 is 0 Å². The summed E-state index contributed by atoms with van der Waals surface area (Å²) in [5.74, 6) is 0.521. The molecule has 15 heavy (non-hydrogen) atoms. The molecule has 0 saturated carbocycles. The summed E-state index contributed by atoms with van der Waals surface area (Å²) in [6.45, 7) is 7.39. The molecular formula is C12H24N2O. The Balaban J connectivity index is 2.67. The van der Waals surface area contributed by atoms with Gasteiger partial charge in [0.1, 0.15) is 6.23 Å². The Bertz CT molecular complexity index is 208. The highest BCUT2D eigenvalue weighted by atomic mass is 16.5. The molecule has 1 heterocycles. The first-order valence-corrected chi connectivity index (χ1v) is 5.95. The zero-order valence-electron chi connectivity index (χ0n) is 10.4. The van der Waals surface area contributed by atoms with Gasteiger partial charge in [0.15, 0.2) is 0 Å². The molecule has 1 aliphatic rings. The van der Waals surface area contributed by atoms with Crippen LogP contribution in [0.1, 0.15) is 40.0 Å². The fourth-order valence-electron chi connectivity index (χ4n) is 2.12. The first kappa shape index (κ1) is 12.5. The standard InChI is InChI=1S/C12H24N2O/c1-5-11(10(2)3)14(13-4)12-8-6-7-9-15-12/h5,10,12-13H,6-9H2,1-4H3/b11-5+. The van der Waals surface area contributed by atoms with Gasteiger partial charge in [-0.25, -0.2) is 5.43 Å². The van der Waals surface area contributed by atoms with Crippen molar-refractivity contribution in [3.8, 4) is 0 Å². The van der Waals surface area contributed by atoms with E-state index in [0.29, 0.717) is 5.92 Å². The first-order valence-electron chi connectivity index (χ1n) is 5.95. The third-order valence-corrected chi connectivity index (χ3v) is 2.85. The van der Waals surface area contributed by atoms with Gasteiger partial charge in [-0.1, -0.05) is 19.9 Å². The van der Waals surface area contributed by atoms with Crippen molar-refractivity contribution in [1.82, 2.24) is 10.4 Å². The van der Waals surface area contributed by atoms with Crippen molar-refractivity contribution in [2.45, 2.75) is 46.3 Å². The molecule has 88 valence electrons. The fraction of sp³-hybridized carbons (Fsp3) is 0.833. The molecule has 0 aromatic heterocycles. The van der Waals surface area contributed by atoms with Gasteiger partial charge in [0.2, 0.25) is 0 Å². The van der Waals surface area contributed by atoms with Crippen LogP contribution in [-0.4, -0.2) is 24.9 Å². The summed E-state index contributed by atoms with van der Waals surface area (Å²) in [6.07, 6.45) is 5.94. The Morgan fingerprint density at radius 2 is 2.20 bits per heavy atom. The van der Waals surface area contributed by atoms with Crippen LogP contribution in [0.3, 0.4) is 0 Å². The van der Waals surface area contributed by atoms with Gasteiger partial charge in [-0.2, -0.15) is 0 Å². The zero-order valence-corrected chi connectivity index (χ0v) is 10.4. The van der Waals surface area contributed by atoms with Crippen LogP contribution in [0.5, 0.6) is 0 Å². The van der Waals surface area contributed by atoms with E-state index in [9.17, 15) is 0 Å². The van der Waals surface area contributed by atoms with Crippen molar-refractivity contribution in [3.05, 3.63) is 11.8 Å². The zero-order chi connectivity index (χ0) is 11.3. The molecule has 1 N–H and O–H groups in total. The summed E-state index contributed by atoms with van der Waals surface area (Å²) >= 11 is 0. The number of nitrogens with zero attached hydrogens (tertiary/aromatic N) is 1. The molecule has 1 saturated heterocycles. The van der Waals surface area contributed by atoms with Gasteiger partial charge in [0.05, 0.1) is 0 Å². The summed E-state index contributed by atoms with van der Waals surface area (Å²) in [5.41, 5.74) is 4.55. The number of nitrogens with one attached hydrogen (secondary N) is 1. The fourth-order valence-corrected chi connectivity index (χ4v) is 2.12. The summed E-state index contributed by atoms with van der Waals surface area (Å²) < 4.78 is 5.79. The number of hydrazine groups is 1. The third kappa shape index (κ3) is 3.21. The van der Waals surface area contributed by atoms with Crippen molar-refractivity contribution in [1.29, 1.82) is 0 Å². The summed E-state index contributed by atoms with van der Waals surface area (Å²) in [6, 6.07) is 0. The Kier molecular flexibility index (Phi) is 5.12. The maximum Gasteiger partial charge on any atom is 0.143 e. The normalized spacial score (nSPS) is 23.3. The quantitative estimate of drug-likeness (QED) is 0.725. The monoisotopic (exact) mass is 212 g/mol. The highest BCUT2D eigenvalue weighted by molar-refractivity contribution is 5.02. The molecule has 1 atom stereocenters. The molecule has 3 nitrogen and oxygen atoms in total. The average Bonchev–Trinajstić information content (AvgIpc) is 2.26. The minimum absolute atomic E-state index is 0.206. The lowest BCUT2D eigenvalue weighted by Crippen LogP contribution is -2.46. The second kappa shape index (κ2) is 6.13. The van der Waals surface area contributed by atoms with E-state index < -0.39 is 0 Å². The van der Waals surface area contributed by atoms with E-state index in [1.807, 2.05) is 7.05 Å². The van der Waals surface area contributed by atoms with E-state index in [1.54, 1.807) is 0 Å². The second-order valence-electron chi connectivity index (χ2n) is 4.28. The van der Waals surface area contributed by atoms with E-state index in [0.717, 1.165) is 13.0 Å². The van der Waals surface area contributed by atoms with Crippen LogP contribution in [0.4, 0.5) is 0 Å². The van der Waals surface area contributed by atoms with Crippen molar-refractivity contribution in [3.63, 3.8) is 0 Å². The number of ether oxygens (including phenoxy) is 1. The van der Waals surface area contributed by atoms with Gasteiger partial charge >= 0.3 is 0 Å². The SMILES string of the molecule is C/C=C(\C(C)C)N(NC)C1CCCCO1. The molecular weight excluding hydrogens is 188 g/mol. The van der Waals surface area contributed by atoms with Crippen molar-refractivity contribution in [2.75, 3.05) is 13.7 Å². The molecule has 1 fully saturated rings. The minimum atomic E-state index is 0.206. The van der Waals surface area contributed by atoms with Gasteiger partial charge in [0, 0.05) is 19.4 Å². The lowest BCUT2D eigenvalue weighted by atomic mass is 10.1. The largest absolute Gasteiger partial charge is 0.357 e. The Hall–Kier alpha value is -0.540. The Morgan fingerprint density at radius 1 is 1.47 bits per heavy atom. The summed E-state index contributed by atoms with van der Waals surface area (Å²) in [4.78, 5) is 0. The van der Waals surface area contributed by atoms with E-state index in [1.165, 1.54) is 18.5 Å². The topological polar surface area (TPSA) is 24.5 Å². The molecule has 3 heteroatoms. The molecule has 1 rings (SSSR count). The Morgan fingerprint density at radius 3 is 2.60 bits per heavy atom. The van der Waals surface area contributed by atoms with Gasteiger partial charge < -0.3 is 4.74 Å². The van der Waals surface area contributed by atoms with Crippen molar-refractivity contribution in [2.24, 2.45) is 5.92 Å². The lowest BCUT2D eigenvalue weighted by Gasteiger charge is -2.37. The van der Waals surface area contributed by atoms with Crippen LogP contribution in [0.25, 0.3) is 0 Å². The average molecular weight is 212 g/mol. The second-order valence-corrected chi connectivity index (χ2v) is 4.28. The number of allylic oxidation sites excluding steroid dienone is 2. The summed E-state index contributed by atoms with van der Waals surface area (Å²) in [5, 5.41) is 2.17. The predicted molar refractivity (Wildman–Crippen MR) is 63.1 cm³/mol. The molecule has 0 aromatic carbocycles. The number of hydrogen-bond donors (Lipinski definition) is 1. The molecule has 0 aliphatic carbocycles. The van der Waals surface area contributed by atoms with E-state index in [-0.39, 0.29) is 6.23 Å². The van der Waals surface area contributed by atoms with Crippen molar-refractivity contribution < 1.29 is 4.74 Å². The molecule has 0 amide bonds. The van der Waals surface area contributed by atoms with E-state index in [2.05, 4.69) is 37.3 Å². The highest BCUT2D eigenvalue weighted by Gasteiger charge is 2.23. The smallest absolute Gasteiger partial charge is 0.143 e. The molecule has 1 unspecified atom stereocenters. The van der Waals surface area contributed by atoms with Crippen molar-refractivity contribution >= 4 is 0 Å². The lowest BCUT2D eigenvalue weighted by molar-refractivity contribution is -0.0914. The molecule has 0 bridgehead atoms. The predicted octanol–water partition coefficient (Wildman–Crippen LogP) is 2.51. The van der Waals surface area contributed by atoms with E-state index in [4.69, 9.17) is 4.74 Å². The van der Waals surface area contributed by atoms with Gasteiger partial charge in [-0.05, 0) is 32.1 Å². The van der Waals surface area contributed by atoms with E-state index >= 15 is 0 Å². The number of hydrogen-bond acceptors (Lipinski definition) is 3. The third-order valence-electron chi connectivity index (χ3n) is 2.85. The van der Waals surface area contributed by atoms with Crippen LogP contribution < -0.4 is 5.43 Å². The van der Waals surface area contributed by atoms with Gasteiger partial charge in [-0.3, -0.25) is 5.01 Å². The number of rotatable bonds is 4. The summed E-state index contributed by atoms with van der Waals surface area (Å²) in [7, 11) is 1.96. The molecule has 0 radical (unpaired) electrons. The highest BCUT2D eigenvalue weighted by Crippen LogP contribution is 2.22. The van der Waals surface area contributed by atoms with Crippen LogP contribution in [0.15, 0.2) is 11.8 Å². The molecule has 0 spiro atoms. The van der Waals surface area contributed by atoms with Gasteiger partial charge in [0.25, 0.3) is 0 Å². The molecule has 1 aliphatic heterocycles. The minimum Gasteiger partial charge on any atom is -0.357 e. The van der Waals surface area contributed by atoms with Crippen LogP contribution in [0, 0.1) is 5.92 Å². The van der Waals surface area contributed by atoms with Crippen LogP contribution in [-0.2, 0) is 4.74 Å².